The maximum absolute atomic E-state index is 13.1. The Kier molecular flexibility index (Phi) is 9.03. The predicted molar refractivity (Wildman–Crippen MR) is 144 cm³/mol. The zero-order valence-corrected chi connectivity index (χ0v) is 23.0. The van der Waals surface area contributed by atoms with Crippen molar-refractivity contribution in [2.24, 2.45) is 11.8 Å². The normalized spacial score (nSPS) is 21.5. The molecule has 8 heteroatoms. The highest BCUT2D eigenvalue weighted by molar-refractivity contribution is 7.94. The summed E-state index contributed by atoms with van der Waals surface area (Å²) in [5.41, 5.74) is 1.59. The molecule has 4 rings (SSSR count). The van der Waals surface area contributed by atoms with Crippen LogP contribution in [0.2, 0.25) is 0 Å². The van der Waals surface area contributed by atoms with E-state index in [0.29, 0.717) is 38.1 Å². The van der Waals surface area contributed by atoms with Gasteiger partial charge in [-0.3, -0.25) is 0 Å². The summed E-state index contributed by atoms with van der Waals surface area (Å²) in [6.45, 7) is 10.2. The van der Waals surface area contributed by atoms with E-state index in [1.165, 1.54) is 17.6 Å². The second-order valence-electron chi connectivity index (χ2n) is 10.9. The smallest absolute Gasteiger partial charge is 0.410 e. The third-order valence-electron chi connectivity index (χ3n) is 6.91. The zero-order valence-electron chi connectivity index (χ0n) is 22.2. The van der Waals surface area contributed by atoms with Crippen LogP contribution in [-0.2, 0) is 20.3 Å². The highest BCUT2D eigenvalue weighted by atomic mass is 32.2. The lowest BCUT2D eigenvalue weighted by molar-refractivity contribution is 0.0107. The van der Waals surface area contributed by atoms with Gasteiger partial charge in [-0.25, -0.2) is 9.59 Å². The number of aryl methyl sites for hydroxylation is 1. The quantitative estimate of drug-likeness (QED) is 0.311. The highest BCUT2D eigenvalue weighted by Gasteiger charge is 2.48. The Morgan fingerprint density at radius 1 is 1.00 bits per heavy atom. The van der Waals surface area contributed by atoms with Crippen LogP contribution in [0.3, 0.4) is 0 Å². The van der Waals surface area contributed by atoms with Crippen molar-refractivity contribution in [3.05, 3.63) is 65.7 Å². The molecule has 3 unspecified atom stereocenters. The molecule has 0 aliphatic carbocycles. The van der Waals surface area contributed by atoms with Crippen molar-refractivity contribution >= 4 is 24.2 Å². The van der Waals surface area contributed by atoms with Crippen LogP contribution in [0.1, 0.15) is 44.7 Å². The molecular formula is C29H38N2O5S. The van der Waals surface area contributed by atoms with Gasteiger partial charge in [0.05, 0.1) is 12.6 Å². The summed E-state index contributed by atoms with van der Waals surface area (Å²) in [5, 5.41) is 0. The first kappa shape index (κ1) is 27.3. The van der Waals surface area contributed by atoms with Crippen LogP contribution in [-0.4, -0.2) is 59.9 Å². The molecule has 37 heavy (non-hydrogen) atoms. The minimum absolute atomic E-state index is 0.0948. The number of nitrogens with zero attached hydrogens (tertiary/aromatic N) is 2. The lowest BCUT2D eigenvalue weighted by Gasteiger charge is -2.38. The van der Waals surface area contributed by atoms with E-state index in [1.54, 1.807) is 4.90 Å². The number of ether oxygens (including phenoxy) is 2. The van der Waals surface area contributed by atoms with Crippen LogP contribution in [0.15, 0.2) is 59.5 Å². The molecule has 0 N–H and O–H groups in total. The van der Waals surface area contributed by atoms with Crippen molar-refractivity contribution in [3.63, 3.8) is 0 Å². The Morgan fingerprint density at radius 2 is 1.73 bits per heavy atom. The van der Waals surface area contributed by atoms with Crippen molar-refractivity contribution < 1.29 is 23.2 Å². The number of benzene rings is 2. The molecule has 2 fully saturated rings. The molecule has 0 aromatic heterocycles. The fourth-order valence-corrected chi connectivity index (χ4v) is 5.63. The van der Waals surface area contributed by atoms with E-state index in [9.17, 15) is 9.59 Å². The van der Waals surface area contributed by atoms with Gasteiger partial charge in [0.15, 0.2) is 0 Å². The van der Waals surface area contributed by atoms with Crippen molar-refractivity contribution in [3.8, 4) is 0 Å². The number of carbonyl (C=O) groups is 2. The predicted octanol–water partition coefficient (Wildman–Crippen LogP) is 6.30. The number of hydrogen-bond donors (Lipinski definition) is 0. The maximum Gasteiger partial charge on any atom is 0.410 e. The second-order valence-corrected chi connectivity index (χ2v) is 11.8. The summed E-state index contributed by atoms with van der Waals surface area (Å²) in [7, 11) is 0. The van der Waals surface area contributed by atoms with Crippen molar-refractivity contribution in [1.82, 2.24) is 9.80 Å². The standard InChI is InChI=1S/C29H38N2O5S/c1-21-10-12-24(13-11-21)37-35-17-15-23-18-31(28(33)36-29(2,3)4)26-19-30(16-14-25(23)26)27(32)34-20-22-8-6-5-7-9-22/h5-13,23,25-26H,14-20H2,1-4H3. The monoisotopic (exact) mass is 526 g/mol. The lowest BCUT2D eigenvalue weighted by atomic mass is 9.83. The lowest BCUT2D eigenvalue weighted by Crippen LogP contribution is -2.52. The molecule has 2 aromatic rings. The molecule has 3 atom stereocenters. The van der Waals surface area contributed by atoms with Crippen molar-refractivity contribution in [1.29, 1.82) is 0 Å². The minimum atomic E-state index is -0.582. The number of rotatable bonds is 7. The summed E-state index contributed by atoms with van der Waals surface area (Å²) in [6.07, 6.45) is 1.00. The Labute approximate surface area is 224 Å². The third kappa shape index (κ3) is 7.65. The zero-order chi connectivity index (χ0) is 26.4. The summed E-state index contributed by atoms with van der Waals surface area (Å²) >= 11 is 1.39. The van der Waals surface area contributed by atoms with E-state index in [2.05, 4.69) is 31.2 Å². The van der Waals surface area contributed by atoms with E-state index in [1.807, 2.05) is 56.0 Å². The molecule has 2 saturated heterocycles. The molecule has 200 valence electrons. The first-order valence-electron chi connectivity index (χ1n) is 13.0. The average molecular weight is 527 g/mol. The van der Waals surface area contributed by atoms with Gasteiger partial charge in [-0.2, -0.15) is 0 Å². The first-order valence-corrected chi connectivity index (χ1v) is 13.7. The molecule has 0 spiro atoms. The van der Waals surface area contributed by atoms with Crippen molar-refractivity contribution in [2.45, 2.75) is 63.7 Å². The molecule has 2 heterocycles. The van der Waals surface area contributed by atoms with E-state index in [4.69, 9.17) is 13.7 Å². The van der Waals surface area contributed by atoms with Gasteiger partial charge in [0.1, 0.15) is 12.2 Å². The third-order valence-corrected chi connectivity index (χ3v) is 7.66. The molecule has 7 nitrogen and oxygen atoms in total. The topological polar surface area (TPSA) is 68.3 Å². The van der Waals surface area contributed by atoms with Crippen LogP contribution in [0.25, 0.3) is 0 Å². The molecule has 0 radical (unpaired) electrons. The second kappa shape index (κ2) is 12.2. The fourth-order valence-electron chi connectivity index (χ4n) is 5.07. The van der Waals surface area contributed by atoms with Gasteiger partial charge in [-0.05, 0) is 70.1 Å². The summed E-state index contributed by atoms with van der Waals surface area (Å²) in [6, 6.07) is 17.8. The first-order chi connectivity index (χ1) is 17.7. The van der Waals surface area contributed by atoms with Gasteiger partial charge in [0.2, 0.25) is 0 Å². The summed E-state index contributed by atoms with van der Waals surface area (Å²) < 4.78 is 17.2. The number of piperidine rings is 1. The fraction of sp³-hybridized carbons (Fsp3) is 0.517. The highest BCUT2D eigenvalue weighted by Crippen LogP contribution is 2.39. The Bertz CT molecular complexity index is 1040. The largest absolute Gasteiger partial charge is 0.445 e. The summed E-state index contributed by atoms with van der Waals surface area (Å²) in [5.74, 6) is 0.581. The molecule has 2 aromatic carbocycles. The maximum atomic E-state index is 13.1. The molecule has 2 amide bonds. The van der Waals surface area contributed by atoms with Gasteiger partial charge in [0.25, 0.3) is 0 Å². The van der Waals surface area contributed by atoms with Crippen LogP contribution < -0.4 is 0 Å². The van der Waals surface area contributed by atoms with E-state index in [-0.39, 0.29) is 24.8 Å². The molecule has 0 saturated carbocycles. The molecule has 2 aliphatic rings. The van der Waals surface area contributed by atoms with Gasteiger partial charge in [0, 0.05) is 36.6 Å². The van der Waals surface area contributed by atoms with Gasteiger partial charge in [-0.1, -0.05) is 48.0 Å². The average Bonchev–Trinajstić information content (AvgIpc) is 3.24. The van der Waals surface area contributed by atoms with Gasteiger partial charge in [-0.15, -0.1) is 0 Å². The van der Waals surface area contributed by atoms with Crippen LogP contribution in [0.5, 0.6) is 0 Å². The number of likely N-dealkylation sites (tertiary alicyclic amines) is 2. The van der Waals surface area contributed by atoms with Gasteiger partial charge >= 0.3 is 12.2 Å². The molecule has 2 aliphatic heterocycles. The van der Waals surface area contributed by atoms with E-state index in [0.717, 1.165) is 23.3 Å². The molecule has 0 bridgehead atoms. The van der Waals surface area contributed by atoms with Gasteiger partial charge < -0.3 is 23.5 Å². The molecular weight excluding hydrogens is 488 g/mol. The Balaban J connectivity index is 1.35. The minimum Gasteiger partial charge on any atom is -0.445 e. The number of amides is 2. The van der Waals surface area contributed by atoms with E-state index >= 15 is 0 Å². The van der Waals surface area contributed by atoms with Crippen molar-refractivity contribution in [2.75, 3.05) is 26.2 Å². The van der Waals surface area contributed by atoms with Crippen LogP contribution >= 0.6 is 12.0 Å². The Morgan fingerprint density at radius 3 is 2.43 bits per heavy atom. The summed E-state index contributed by atoms with van der Waals surface area (Å²) in [4.78, 5) is 30.6. The van der Waals surface area contributed by atoms with Crippen LogP contribution in [0, 0.1) is 18.8 Å². The SMILES string of the molecule is Cc1ccc(SOCCC2CN(C(=O)OC(C)(C)C)C3CN(C(=O)OCc4ccccc4)CCC23)cc1. The number of fused-ring (bicyclic) bond motifs is 1. The van der Waals surface area contributed by atoms with E-state index < -0.39 is 5.60 Å². The number of carbonyl (C=O) groups excluding carboxylic acids is 2. The number of hydrogen-bond acceptors (Lipinski definition) is 6. The Hall–Kier alpha value is -2.71. The van der Waals surface area contributed by atoms with Crippen LogP contribution in [0.4, 0.5) is 9.59 Å².